The Kier molecular flexibility index (Phi) is 7.02. The molecule has 0 radical (unpaired) electrons. The van der Waals surface area contributed by atoms with Gasteiger partial charge in [0, 0.05) is 30.4 Å². The summed E-state index contributed by atoms with van der Waals surface area (Å²) in [5, 5.41) is 5.94. The van der Waals surface area contributed by atoms with Gasteiger partial charge >= 0.3 is 5.97 Å². The summed E-state index contributed by atoms with van der Waals surface area (Å²) >= 11 is 1.62. The number of methoxy groups -OCH3 is 1. The van der Waals surface area contributed by atoms with E-state index in [0.717, 1.165) is 40.5 Å². The fraction of sp³-hybridized carbons (Fsp3) is 0.226. The zero-order valence-corrected chi connectivity index (χ0v) is 23.5. The molecule has 2 aromatic carbocycles. The van der Waals surface area contributed by atoms with Crippen LogP contribution in [0.15, 0.2) is 72.2 Å². The molecular formula is C31H29N5O4S. The van der Waals surface area contributed by atoms with Gasteiger partial charge in [0.15, 0.2) is 0 Å². The highest BCUT2D eigenvalue weighted by Crippen LogP contribution is 2.44. The standard InChI is InChI=1S/C31H29N5O4S/c1-19-27(36-14-11-21(29(38)39-2)17-26(36)33-19)25-18-41-30(35-25)31(12-15-40-16-13-31)22-9-7-20(8-10-22)28(37)34-24-6-4-3-5-23(24)32/h3-11,14,17-18H,12-13,15-16,32H2,1-2H3,(H,34,37). The van der Waals surface area contributed by atoms with Crippen molar-refractivity contribution in [2.24, 2.45) is 0 Å². The van der Waals surface area contributed by atoms with Crippen LogP contribution in [0.1, 0.15) is 49.8 Å². The molecule has 41 heavy (non-hydrogen) atoms. The maximum Gasteiger partial charge on any atom is 0.338 e. The first kappa shape index (κ1) is 26.7. The Bertz CT molecular complexity index is 1750. The van der Waals surface area contributed by atoms with Crippen LogP contribution in [0.25, 0.3) is 17.0 Å². The molecule has 1 saturated heterocycles. The summed E-state index contributed by atoms with van der Waals surface area (Å²) in [6, 6.07) is 18.4. The summed E-state index contributed by atoms with van der Waals surface area (Å²) < 4.78 is 12.6. The van der Waals surface area contributed by atoms with Crippen LogP contribution in [-0.2, 0) is 14.9 Å². The Morgan fingerprint density at radius 2 is 1.80 bits per heavy atom. The van der Waals surface area contributed by atoms with Crippen LogP contribution in [0.5, 0.6) is 0 Å². The molecule has 0 unspecified atom stereocenters. The first-order valence-corrected chi connectivity index (χ1v) is 14.1. The zero-order chi connectivity index (χ0) is 28.6. The molecule has 1 aliphatic rings. The number of hydrogen-bond donors (Lipinski definition) is 2. The van der Waals surface area contributed by atoms with Crippen LogP contribution >= 0.6 is 11.3 Å². The number of aromatic nitrogens is 3. The molecule has 1 amide bonds. The number of imidazole rings is 1. The van der Waals surface area contributed by atoms with E-state index in [1.54, 1.807) is 35.6 Å². The third-order valence-corrected chi connectivity index (χ3v) is 8.68. The number of nitrogens with two attached hydrogens (primary N) is 1. The maximum atomic E-state index is 12.9. The van der Waals surface area contributed by atoms with E-state index in [2.05, 4.69) is 15.7 Å². The van der Waals surface area contributed by atoms with Gasteiger partial charge in [0.25, 0.3) is 5.91 Å². The fourth-order valence-corrected chi connectivity index (χ4v) is 6.50. The van der Waals surface area contributed by atoms with Crippen molar-refractivity contribution in [3.05, 3.63) is 99.6 Å². The number of nitrogens with zero attached hydrogens (tertiary/aromatic N) is 3. The lowest BCUT2D eigenvalue weighted by Crippen LogP contribution is -2.35. The van der Waals surface area contributed by atoms with Gasteiger partial charge in [0.2, 0.25) is 0 Å². The molecule has 208 valence electrons. The molecule has 3 aromatic heterocycles. The summed E-state index contributed by atoms with van der Waals surface area (Å²) in [6.07, 6.45) is 3.38. The van der Waals surface area contributed by atoms with Gasteiger partial charge < -0.3 is 20.5 Å². The number of hydrogen-bond acceptors (Lipinski definition) is 8. The number of benzene rings is 2. The average Bonchev–Trinajstić information content (AvgIpc) is 3.62. The second kappa shape index (κ2) is 10.8. The molecule has 4 heterocycles. The van der Waals surface area contributed by atoms with E-state index in [9.17, 15) is 9.59 Å². The third kappa shape index (κ3) is 4.85. The smallest absolute Gasteiger partial charge is 0.338 e. The largest absolute Gasteiger partial charge is 0.465 e. The lowest BCUT2D eigenvalue weighted by molar-refractivity contribution is 0.0600. The van der Waals surface area contributed by atoms with Crippen molar-refractivity contribution in [3.8, 4) is 11.4 Å². The summed E-state index contributed by atoms with van der Waals surface area (Å²) in [5.74, 6) is -0.620. The first-order chi connectivity index (χ1) is 19.9. The Balaban J connectivity index is 1.32. The number of para-hydroxylation sites is 2. The van der Waals surface area contributed by atoms with Gasteiger partial charge in [0.05, 0.1) is 40.9 Å². The van der Waals surface area contributed by atoms with Crippen molar-refractivity contribution in [2.45, 2.75) is 25.2 Å². The van der Waals surface area contributed by atoms with Crippen molar-refractivity contribution < 1.29 is 19.1 Å². The van der Waals surface area contributed by atoms with Gasteiger partial charge in [-0.15, -0.1) is 11.3 Å². The molecule has 0 bridgehead atoms. The molecule has 3 N–H and O–H groups in total. The van der Waals surface area contributed by atoms with Crippen LogP contribution in [-0.4, -0.2) is 46.6 Å². The minimum Gasteiger partial charge on any atom is -0.465 e. The van der Waals surface area contributed by atoms with E-state index >= 15 is 0 Å². The van der Waals surface area contributed by atoms with Crippen molar-refractivity contribution in [1.82, 2.24) is 14.4 Å². The number of amides is 1. The monoisotopic (exact) mass is 567 g/mol. The minimum absolute atomic E-state index is 0.217. The summed E-state index contributed by atoms with van der Waals surface area (Å²) in [6.45, 7) is 3.18. The molecule has 10 heteroatoms. The normalized spacial score (nSPS) is 14.6. The number of nitrogen functional groups attached to an aromatic ring is 1. The molecule has 5 aromatic rings. The SMILES string of the molecule is COC(=O)c1ccn2c(-c3csc(C4(c5ccc(C(=O)Nc6ccccc6N)cc5)CCOCC4)n3)c(C)nc2c1. The van der Waals surface area contributed by atoms with Gasteiger partial charge in [-0.1, -0.05) is 24.3 Å². The Morgan fingerprint density at radius 1 is 1.05 bits per heavy atom. The minimum atomic E-state index is -0.403. The van der Waals surface area contributed by atoms with Crippen molar-refractivity contribution in [3.63, 3.8) is 0 Å². The second-order valence-electron chi connectivity index (χ2n) is 10.0. The van der Waals surface area contributed by atoms with Gasteiger partial charge in [-0.3, -0.25) is 9.20 Å². The molecule has 6 rings (SSSR count). The Hall–Kier alpha value is -4.54. The molecular weight excluding hydrogens is 538 g/mol. The topological polar surface area (TPSA) is 121 Å². The van der Waals surface area contributed by atoms with E-state index in [-0.39, 0.29) is 11.3 Å². The van der Waals surface area contributed by atoms with Crippen LogP contribution in [0.4, 0.5) is 11.4 Å². The number of fused-ring (bicyclic) bond motifs is 1. The van der Waals surface area contributed by atoms with Crippen molar-refractivity contribution in [1.29, 1.82) is 0 Å². The lowest BCUT2D eigenvalue weighted by Gasteiger charge is -2.36. The second-order valence-corrected chi connectivity index (χ2v) is 10.9. The molecule has 1 aliphatic heterocycles. The highest BCUT2D eigenvalue weighted by molar-refractivity contribution is 7.10. The third-order valence-electron chi connectivity index (χ3n) is 7.63. The van der Waals surface area contributed by atoms with Gasteiger partial charge in [-0.25, -0.2) is 14.8 Å². The number of carbonyl (C=O) groups excluding carboxylic acids is 2. The van der Waals surface area contributed by atoms with E-state index in [1.807, 2.05) is 53.9 Å². The maximum absolute atomic E-state index is 12.9. The van der Waals surface area contributed by atoms with E-state index < -0.39 is 5.97 Å². The molecule has 0 aliphatic carbocycles. The number of anilines is 2. The lowest BCUT2D eigenvalue weighted by atomic mass is 9.74. The fourth-order valence-electron chi connectivity index (χ4n) is 5.41. The van der Waals surface area contributed by atoms with Crippen molar-refractivity contribution in [2.75, 3.05) is 31.4 Å². The van der Waals surface area contributed by atoms with E-state index in [0.29, 0.717) is 41.4 Å². The first-order valence-electron chi connectivity index (χ1n) is 13.3. The molecule has 0 spiro atoms. The predicted octanol–water partition coefficient (Wildman–Crippen LogP) is 5.48. The van der Waals surface area contributed by atoms with Crippen LogP contribution in [0.2, 0.25) is 0 Å². The number of esters is 1. The zero-order valence-electron chi connectivity index (χ0n) is 22.7. The number of carbonyl (C=O) groups is 2. The van der Waals surface area contributed by atoms with Gasteiger partial charge in [-0.05, 0) is 61.7 Å². The molecule has 0 atom stereocenters. The highest BCUT2D eigenvalue weighted by Gasteiger charge is 2.39. The number of thiazole rings is 1. The van der Waals surface area contributed by atoms with Crippen molar-refractivity contribution >= 4 is 40.2 Å². The van der Waals surface area contributed by atoms with Crippen LogP contribution in [0, 0.1) is 6.92 Å². The van der Waals surface area contributed by atoms with Crippen LogP contribution in [0.3, 0.4) is 0 Å². The quantitative estimate of drug-likeness (QED) is 0.206. The Labute approximate surface area is 241 Å². The molecule has 9 nitrogen and oxygen atoms in total. The van der Waals surface area contributed by atoms with Gasteiger partial charge in [0.1, 0.15) is 16.3 Å². The average molecular weight is 568 g/mol. The number of pyridine rings is 1. The number of rotatable bonds is 6. The highest BCUT2D eigenvalue weighted by atomic mass is 32.1. The van der Waals surface area contributed by atoms with E-state index in [1.165, 1.54) is 7.11 Å². The molecule has 1 fully saturated rings. The summed E-state index contributed by atoms with van der Waals surface area (Å²) in [7, 11) is 1.36. The molecule has 0 saturated carbocycles. The summed E-state index contributed by atoms with van der Waals surface area (Å²) in [5.41, 5.74) is 12.0. The van der Waals surface area contributed by atoms with Gasteiger partial charge in [-0.2, -0.15) is 0 Å². The number of ether oxygens (including phenoxy) is 2. The predicted molar refractivity (Wildman–Crippen MR) is 158 cm³/mol. The number of aryl methyl sites for hydroxylation is 1. The number of nitrogens with one attached hydrogen (secondary N) is 1. The Morgan fingerprint density at radius 3 is 2.54 bits per heavy atom. The summed E-state index contributed by atoms with van der Waals surface area (Å²) in [4.78, 5) is 34.8. The van der Waals surface area contributed by atoms with Crippen LogP contribution < -0.4 is 11.1 Å². The van der Waals surface area contributed by atoms with E-state index in [4.69, 9.17) is 20.2 Å².